The molecule has 0 radical (unpaired) electrons. The van der Waals surface area contributed by atoms with E-state index in [4.69, 9.17) is 30.5 Å². The summed E-state index contributed by atoms with van der Waals surface area (Å²) in [7, 11) is 4.68. The van der Waals surface area contributed by atoms with Gasteiger partial charge < -0.3 is 24.3 Å². The van der Waals surface area contributed by atoms with Crippen molar-refractivity contribution in [1.29, 1.82) is 0 Å². The summed E-state index contributed by atoms with van der Waals surface area (Å²) in [6.07, 6.45) is 0.970. The molecule has 0 aromatic heterocycles. The number of amides is 1. The van der Waals surface area contributed by atoms with Gasteiger partial charge in [0.15, 0.2) is 11.5 Å². The van der Waals surface area contributed by atoms with Gasteiger partial charge in [0.2, 0.25) is 11.7 Å². The fraction of sp³-hybridized carbons (Fsp3) is 0.409. The van der Waals surface area contributed by atoms with Gasteiger partial charge >= 0.3 is 0 Å². The molecular weight excluding hydrogens is 394 g/mol. The molecule has 1 amide bonds. The number of carbonyl (C=O) groups is 1. The van der Waals surface area contributed by atoms with Crippen LogP contribution >= 0.6 is 11.6 Å². The smallest absolute Gasteiger partial charge is 0.220 e. The molecule has 1 N–H and O–H groups in total. The first-order chi connectivity index (χ1) is 13.9. The molecule has 0 bridgehead atoms. The van der Waals surface area contributed by atoms with Crippen molar-refractivity contribution in [2.24, 2.45) is 0 Å². The van der Waals surface area contributed by atoms with Gasteiger partial charge in [-0.05, 0) is 61.7 Å². The number of methoxy groups -OCH3 is 3. The van der Waals surface area contributed by atoms with Crippen molar-refractivity contribution in [2.45, 2.75) is 32.7 Å². The molecule has 2 rings (SSSR count). The third-order valence-corrected chi connectivity index (χ3v) is 4.74. The Morgan fingerprint density at radius 2 is 1.69 bits per heavy atom. The van der Waals surface area contributed by atoms with Crippen LogP contribution in [0.3, 0.4) is 0 Å². The third-order valence-electron chi connectivity index (χ3n) is 4.51. The fourth-order valence-corrected chi connectivity index (χ4v) is 3.16. The summed E-state index contributed by atoms with van der Waals surface area (Å²) in [6.45, 7) is 4.30. The number of halogens is 1. The molecule has 0 saturated heterocycles. The molecule has 0 aliphatic heterocycles. The molecule has 29 heavy (non-hydrogen) atoms. The Bertz CT molecular complexity index is 815. The maximum absolute atomic E-state index is 12.3. The minimum atomic E-state index is -0.212. The number of nitrogens with one attached hydrogen (secondary N) is 1. The second-order valence-corrected chi connectivity index (χ2v) is 7.05. The lowest BCUT2D eigenvalue weighted by Gasteiger charge is -2.19. The molecular formula is C22H28ClNO5. The summed E-state index contributed by atoms with van der Waals surface area (Å²) >= 11 is 5.94. The molecule has 1 atom stereocenters. The van der Waals surface area contributed by atoms with Crippen LogP contribution in [0.25, 0.3) is 0 Å². The first kappa shape index (κ1) is 22.7. The highest BCUT2D eigenvalue weighted by Gasteiger charge is 2.17. The second-order valence-electron chi connectivity index (χ2n) is 6.61. The Balaban J connectivity index is 1.88. The van der Waals surface area contributed by atoms with Crippen molar-refractivity contribution in [1.82, 2.24) is 5.32 Å². The average molecular weight is 422 g/mol. The van der Waals surface area contributed by atoms with Gasteiger partial charge in [-0.15, -0.1) is 0 Å². The molecule has 0 heterocycles. The fourth-order valence-electron chi connectivity index (χ4n) is 2.94. The van der Waals surface area contributed by atoms with Crippen LogP contribution in [0.5, 0.6) is 23.0 Å². The third kappa shape index (κ3) is 6.19. The van der Waals surface area contributed by atoms with Gasteiger partial charge in [0, 0.05) is 11.4 Å². The Kier molecular flexibility index (Phi) is 8.46. The number of aryl methyl sites for hydroxylation is 1. The summed E-state index contributed by atoms with van der Waals surface area (Å²) < 4.78 is 21.8. The van der Waals surface area contributed by atoms with Crippen molar-refractivity contribution in [2.75, 3.05) is 27.9 Å². The molecule has 158 valence electrons. The van der Waals surface area contributed by atoms with Gasteiger partial charge in [-0.1, -0.05) is 11.6 Å². The number of carbonyl (C=O) groups excluding carboxylic acids is 1. The summed E-state index contributed by atoms with van der Waals surface area (Å²) in [5.74, 6) is 2.35. The summed E-state index contributed by atoms with van der Waals surface area (Å²) in [6, 6.07) is 8.93. The monoisotopic (exact) mass is 421 g/mol. The topological polar surface area (TPSA) is 66.0 Å². The zero-order valence-corrected chi connectivity index (χ0v) is 18.3. The maximum atomic E-state index is 12.3. The van der Waals surface area contributed by atoms with Crippen LogP contribution < -0.4 is 24.3 Å². The Morgan fingerprint density at radius 1 is 1.03 bits per heavy atom. The van der Waals surface area contributed by atoms with E-state index >= 15 is 0 Å². The minimum Gasteiger partial charge on any atom is -0.493 e. The summed E-state index contributed by atoms with van der Waals surface area (Å²) in [5.41, 5.74) is 1.83. The second kappa shape index (κ2) is 10.8. The summed E-state index contributed by atoms with van der Waals surface area (Å²) in [4.78, 5) is 12.3. The molecule has 7 heteroatoms. The van der Waals surface area contributed by atoms with Gasteiger partial charge in [0.05, 0.1) is 34.0 Å². The molecule has 2 aromatic rings. The van der Waals surface area contributed by atoms with E-state index in [0.717, 1.165) is 16.9 Å². The van der Waals surface area contributed by atoms with Crippen molar-refractivity contribution < 1.29 is 23.7 Å². The van der Waals surface area contributed by atoms with Gasteiger partial charge in [0.1, 0.15) is 5.75 Å². The van der Waals surface area contributed by atoms with Crippen LogP contribution in [0.1, 0.15) is 36.9 Å². The highest BCUT2D eigenvalue weighted by molar-refractivity contribution is 6.30. The lowest BCUT2D eigenvalue weighted by molar-refractivity contribution is -0.121. The van der Waals surface area contributed by atoms with Gasteiger partial charge in [-0.2, -0.15) is 0 Å². The van der Waals surface area contributed by atoms with E-state index in [-0.39, 0.29) is 11.9 Å². The molecule has 0 aliphatic carbocycles. The lowest BCUT2D eigenvalue weighted by Crippen LogP contribution is -2.26. The number of benzene rings is 2. The zero-order chi connectivity index (χ0) is 21.4. The molecule has 0 saturated carbocycles. The molecule has 2 aromatic carbocycles. The molecule has 0 aliphatic rings. The lowest BCUT2D eigenvalue weighted by atomic mass is 10.1. The van der Waals surface area contributed by atoms with Gasteiger partial charge in [-0.25, -0.2) is 0 Å². The van der Waals surface area contributed by atoms with Crippen molar-refractivity contribution >= 4 is 17.5 Å². The van der Waals surface area contributed by atoms with E-state index in [1.54, 1.807) is 27.4 Å². The average Bonchev–Trinajstić information content (AvgIpc) is 2.71. The first-order valence-corrected chi connectivity index (χ1v) is 9.75. The number of rotatable bonds is 10. The van der Waals surface area contributed by atoms with E-state index in [1.807, 2.05) is 38.1 Å². The summed E-state index contributed by atoms with van der Waals surface area (Å²) in [5, 5.41) is 3.67. The van der Waals surface area contributed by atoms with E-state index in [0.29, 0.717) is 41.7 Å². The maximum Gasteiger partial charge on any atom is 0.220 e. The van der Waals surface area contributed by atoms with E-state index in [2.05, 4.69) is 5.32 Å². The molecule has 6 nitrogen and oxygen atoms in total. The standard InChI is InChI=1S/C22H28ClNO5/c1-14-11-17(23)8-9-18(14)29-10-6-7-21(25)24-15(2)16-12-19(26-3)22(28-5)20(13-16)27-4/h8-9,11-13,15H,6-7,10H2,1-5H3,(H,24,25). The predicted octanol–water partition coefficient (Wildman–Crippen LogP) is 4.71. The minimum absolute atomic E-state index is 0.0531. The van der Waals surface area contributed by atoms with Crippen molar-refractivity contribution in [3.63, 3.8) is 0 Å². The predicted molar refractivity (Wildman–Crippen MR) is 114 cm³/mol. The first-order valence-electron chi connectivity index (χ1n) is 9.37. The van der Waals surface area contributed by atoms with Crippen LogP contribution in [-0.2, 0) is 4.79 Å². The van der Waals surface area contributed by atoms with Crippen molar-refractivity contribution in [3.05, 3.63) is 46.5 Å². The van der Waals surface area contributed by atoms with Crippen LogP contribution in [-0.4, -0.2) is 33.8 Å². The van der Waals surface area contributed by atoms with E-state index in [9.17, 15) is 4.79 Å². The highest BCUT2D eigenvalue weighted by Crippen LogP contribution is 2.39. The van der Waals surface area contributed by atoms with Crippen LogP contribution in [0.15, 0.2) is 30.3 Å². The SMILES string of the molecule is COc1cc(C(C)NC(=O)CCCOc2ccc(Cl)cc2C)cc(OC)c1OC. The van der Waals surface area contributed by atoms with Gasteiger partial charge in [0.25, 0.3) is 0 Å². The number of hydrogen-bond donors (Lipinski definition) is 1. The highest BCUT2D eigenvalue weighted by atomic mass is 35.5. The van der Waals surface area contributed by atoms with E-state index in [1.165, 1.54) is 0 Å². The molecule has 0 spiro atoms. The van der Waals surface area contributed by atoms with Crippen LogP contribution in [0.4, 0.5) is 0 Å². The Morgan fingerprint density at radius 3 is 2.24 bits per heavy atom. The zero-order valence-electron chi connectivity index (χ0n) is 17.5. The largest absolute Gasteiger partial charge is 0.493 e. The molecule has 1 unspecified atom stereocenters. The number of hydrogen-bond acceptors (Lipinski definition) is 5. The quantitative estimate of drug-likeness (QED) is 0.563. The Hall–Kier alpha value is -2.60. The van der Waals surface area contributed by atoms with Gasteiger partial charge in [-0.3, -0.25) is 4.79 Å². The molecule has 0 fully saturated rings. The van der Waals surface area contributed by atoms with Crippen molar-refractivity contribution in [3.8, 4) is 23.0 Å². The van der Waals surface area contributed by atoms with E-state index < -0.39 is 0 Å². The van der Waals surface area contributed by atoms with Crippen LogP contribution in [0.2, 0.25) is 5.02 Å². The number of ether oxygens (including phenoxy) is 4. The van der Waals surface area contributed by atoms with Crippen LogP contribution in [0, 0.1) is 6.92 Å². The Labute approximate surface area is 177 Å². The normalized spacial score (nSPS) is 11.5.